The van der Waals surface area contributed by atoms with Crippen LogP contribution in [0.5, 0.6) is 5.75 Å². The summed E-state index contributed by atoms with van der Waals surface area (Å²) < 4.78 is 5.57. The number of Topliss-reactive ketones (excluding diaryl/α,β-unsaturated/α-hetero) is 1. The minimum atomic E-state index is -0.206. The normalized spacial score (nSPS) is 20.1. The molecule has 0 saturated heterocycles. The Morgan fingerprint density at radius 3 is 2.42 bits per heavy atom. The first-order valence-electron chi connectivity index (χ1n) is 10.7. The lowest BCUT2D eigenvalue weighted by Crippen LogP contribution is -2.26. The molecule has 156 valence electrons. The molecule has 0 amide bonds. The molecule has 0 radical (unpaired) electrons. The van der Waals surface area contributed by atoms with Gasteiger partial charge in [-0.25, -0.2) is 0 Å². The second-order valence-corrected chi connectivity index (χ2v) is 7.95. The van der Waals surface area contributed by atoms with Gasteiger partial charge in [-0.2, -0.15) is 0 Å². The smallest absolute Gasteiger partial charge is 0.163 e. The number of nitrogens with one attached hydrogen (secondary N) is 2. The number of ketones is 1. The number of carbonyl (C=O) groups excluding carboxylic acids is 1. The van der Waals surface area contributed by atoms with Crippen LogP contribution >= 0.6 is 0 Å². The highest BCUT2D eigenvalue weighted by atomic mass is 16.5. The van der Waals surface area contributed by atoms with Crippen LogP contribution in [-0.4, -0.2) is 17.4 Å². The summed E-state index contributed by atoms with van der Waals surface area (Å²) >= 11 is 0. The van der Waals surface area contributed by atoms with Gasteiger partial charge in [0.05, 0.1) is 24.0 Å². The van der Waals surface area contributed by atoms with Crippen molar-refractivity contribution in [2.45, 2.75) is 31.7 Å². The molecular weight excluding hydrogens is 386 g/mol. The van der Waals surface area contributed by atoms with E-state index in [1.165, 1.54) is 0 Å². The van der Waals surface area contributed by atoms with Gasteiger partial charge in [0.25, 0.3) is 0 Å². The molecule has 5 rings (SSSR count). The summed E-state index contributed by atoms with van der Waals surface area (Å²) in [6, 6.07) is 20.0. The number of nitrogens with zero attached hydrogens (tertiary/aromatic N) is 1. The maximum atomic E-state index is 13.5. The molecule has 2 N–H and O–H groups in total. The van der Waals surface area contributed by atoms with Crippen molar-refractivity contribution in [3.8, 4) is 5.75 Å². The van der Waals surface area contributed by atoms with Gasteiger partial charge in [0.1, 0.15) is 5.75 Å². The van der Waals surface area contributed by atoms with Gasteiger partial charge in [-0.15, -0.1) is 0 Å². The van der Waals surface area contributed by atoms with Crippen molar-refractivity contribution >= 4 is 17.2 Å². The molecular formula is C26H25N3O2. The highest BCUT2D eigenvalue weighted by Crippen LogP contribution is 2.44. The van der Waals surface area contributed by atoms with Crippen LogP contribution in [0.15, 0.2) is 84.3 Å². The molecule has 31 heavy (non-hydrogen) atoms. The summed E-state index contributed by atoms with van der Waals surface area (Å²) in [5, 5.41) is 7.17. The molecule has 5 nitrogen and oxygen atoms in total. The molecule has 2 aromatic carbocycles. The Labute approximate surface area is 182 Å². The second kappa shape index (κ2) is 8.26. The zero-order valence-electron chi connectivity index (χ0n) is 17.5. The Hall–Kier alpha value is -3.60. The molecule has 2 heterocycles. The summed E-state index contributed by atoms with van der Waals surface area (Å²) in [5.41, 5.74) is 6.00. The van der Waals surface area contributed by atoms with Gasteiger partial charge in [0.15, 0.2) is 5.78 Å². The molecule has 2 aliphatic rings. The van der Waals surface area contributed by atoms with Gasteiger partial charge in [-0.3, -0.25) is 9.78 Å². The van der Waals surface area contributed by atoms with E-state index in [0.717, 1.165) is 45.9 Å². The first-order valence-corrected chi connectivity index (χ1v) is 10.7. The molecule has 0 fully saturated rings. The van der Waals surface area contributed by atoms with Crippen LogP contribution in [0.4, 0.5) is 11.4 Å². The summed E-state index contributed by atoms with van der Waals surface area (Å²) in [4.78, 5) is 17.6. The van der Waals surface area contributed by atoms with Gasteiger partial charge in [-0.1, -0.05) is 24.3 Å². The van der Waals surface area contributed by atoms with Crippen molar-refractivity contribution in [1.29, 1.82) is 0 Å². The summed E-state index contributed by atoms with van der Waals surface area (Å²) in [7, 11) is 0. The average molecular weight is 412 g/mol. The van der Waals surface area contributed by atoms with Gasteiger partial charge < -0.3 is 15.4 Å². The van der Waals surface area contributed by atoms with Gasteiger partial charge in [0, 0.05) is 30.1 Å². The lowest BCUT2D eigenvalue weighted by atomic mass is 9.78. The largest absolute Gasteiger partial charge is 0.494 e. The molecule has 0 saturated carbocycles. The number of para-hydroxylation sites is 2. The molecule has 1 aliphatic carbocycles. The quantitative estimate of drug-likeness (QED) is 0.597. The number of ether oxygens (including phenoxy) is 1. The number of hydrogen-bond donors (Lipinski definition) is 2. The first kappa shape index (κ1) is 19.4. The van der Waals surface area contributed by atoms with Crippen molar-refractivity contribution < 1.29 is 9.53 Å². The maximum absolute atomic E-state index is 13.5. The van der Waals surface area contributed by atoms with Crippen LogP contribution in [0.2, 0.25) is 0 Å². The predicted molar refractivity (Wildman–Crippen MR) is 122 cm³/mol. The molecule has 0 spiro atoms. The number of allylic oxidation sites excluding steroid dienone is 1. The van der Waals surface area contributed by atoms with Crippen LogP contribution < -0.4 is 15.4 Å². The van der Waals surface area contributed by atoms with Crippen LogP contribution in [-0.2, 0) is 4.79 Å². The number of anilines is 2. The number of hydrogen-bond acceptors (Lipinski definition) is 5. The molecule has 0 unspecified atom stereocenters. The van der Waals surface area contributed by atoms with Gasteiger partial charge in [-0.05, 0) is 66.8 Å². The van der Waals surface area contributed by atoms with Crippen molar-refractivity contribution in [3.63, 3.8) is 0 Å². The third-order valence-corrected chi connectivity index (χ3v) is 6.01. The van der Waals surface area contributed by atoms with E-state index in [2.05, 4.69) is 27.8 Å². The van der Waals surface area contributed by atoms with E-state index in [9.17, 15) is 4.79 Å². The molecule has 3 aromatic rings. The van der Waals surface area contributed by atoms with Crippen molar-refractivity contribution in [2.24, 2.45) is 0 Å². The van der Waals surface area contributed by atoms with Crippen LogP contribution in [0.25, 0.3) is 0 Å². The summed E-state index contributed by atoms with van der Waals surface area (Å²) in [6.45, 7) is 2.62. The van der Waals surface area contributed by atoms with Crippen molar-refractivity contribution in [3.05, 3.63) is 95.5 Å². The van der Waals surface area contributed by atoms with Crippen LogP contribution in [0, 0.1) is 0 Å². The maximum Gasteiger partial charge on any atom is 0.163 e. The number of carbonyl (C=O) groups is 1. The highest BCUT2D eigenvalue weighted by molar-refractivity contribution is 6.01. The lowest BCUT2D eigenvalue weighted by Gasteiger charge is -2.30. The van der Waals surface area contributed by atoms with Gasteiger partial charge >= 0.3 is 0 Å². The van der Waals surface area contributed by atoms with E-state index in [-0.39, 0.29) is 17.7 Å². The monoisotopic (exact) mass is 411 g/mol. The molecule has 1 aliphatic heterocycles. The van der Waals surface area contributed by atoms with Crippen molar-refractivity contribution in [2.75, 3.05) is 17.2 Å². The molecule has 0 bridgehead atoms. The minimum Gasteiger partial charge on any atom is -0.494 e. The summed E-state index contributed by atoms with van der Waals surface area (Å²) in [6.07, 6.45) is 4.83. The first-order chi connectivity index (χ1) is 15.2. The SMILES string of the molecule is CCOc1ccc([C@H]2CC(=O)C3=C(C2)Nc2ccccc2N[C@@H]3c2ccncc2)cc1. The fourth-order valence-corrected chi connectivity index (χ4v) is 4.54. The van der Waals surface area contributed by atoms with E-state index < -0.39 is 0 Å². The highest BCUT2D eigenvalue weighted by Gasteiger charge is 2.35. The third-order valence-electron chi connectivity index (χ3n) is 6.01. The van der Waals surface area contributed by atoms with Crippen molar-refractivity contribution in [1.82, 2.24) is 4.98 Å². The minimum absolute atomic E-state index is 0.137. The number of fused-ring (bicyclic) bond motifs is 1. The topological polar surface area (TPSA) is 63.2 Å². The van der Waals surface area contributed by atoms with Gasteiger partial charge in [0.2, 0.25) is 0 Å². The Bertz CT molecular complexity index is 1120. The second-order valence-electron chi connectivity index (χ2n) is 7.95. The Morgan fingerprint density at radius 2 is 1.68 bits per heavy atom. The Morgan fingerprint density at radius 1 is 0.935 bits per heavy atom. The van der Waals surface area contributed by atoms with E-state index >= 15 is 0 Å². The van der Waals surface area contributed by atoms with Crippen LogP contribution in [0.3, 0.4) is 0 Å². The van der Waals surface area contributed by atoms with E-state index in [0.29, 0.717) is 13.0 Å². The fraction of sp³-hybridized carbons (Fsp3) is 0.231. The fourth-order valence-electron chi connectivity index (χ4n) is 4.54. The summed E-state index contributed by atoms with van der Waals surface area (Å²) in [5.74, 6) is 1.17. The lowest BCUT2D eigenvalue weighted by molar-refractivity contribution is -0.116. The Balaban J connectivity index is 1.54. The number of rotatable bonds is 4. The van der Waals surface area contributed by atoms with E-state index in [1.54, 1.807) is 12.4 Å². The molecule has 5 heteroatoms. The predicted octanol–water partition coefficient (Wildman–Crippen LogP) is 5.46. The van der Waals surface area contributed by atoms with E-state index in [4.69, 9.17) is 4.74 Å². The third kappa shape index (κ3) is 3.79. The number of aromatic nitrogens is 1. The zero-order valence-corrected chi connectivity index (χ0v) is 17.5. The van der Waals surface area contributed by atoms with Crippen LogP contribution in [0.1, 0.15) is 42.9 Å². The number of benzene rings is 2. The average Bonchev–Trinajstić information content (AvgIpc) is 2.97. The van der Waals surface area contributed by atoms with E-state index in [1.807, 2.05) is 55.5 Å². The zero-order chi connectivity index (χ0) is 21.2. The Kier molecular flexibility index (Phi) is 5.16. The molecule has 1 aromatic heterocycles. The molecule has 2 atom stereocenters. The standard InChI is InChI=1S/C26H25N3O2/c1-2-31-20-9-7-17(8-10-20)19-15-23-25(24(30)16-19)26(18-11-13-27-14-12-18)29-22-6-4-3-5-21(22)28-23/h3-14,19,26,28-29H,2,15-16H2,1H3/t19-,26-/m1/s1. The number of pyridine rings is 1.